The molecule has 1 aliphatic heterocycles. The number of carbonyl (C=O) groups excluding carboxylic acids is 3. The topological polar surface area (TPSA) is 113 Å². The van der Waals surface area contributed by atoms with Gasteiger partial charge in [-0.25, -0.2) is 0 Å². The van der Waals surface area contributed by atoms with Crippen LogP contribution in [0.15, 0.2) is 0 Å². The quantitative estimate of drug-likeness (QED) is 0.552. The van der Waals surface area contributed by atoms with Crippen LogP contribution in [-0.2, 0) is 14.4 Å². The van der Waals surface area contributed by atoms with E-state index in [1.807, 2.05) is 0 Å². The second-order valence-electron chi connectivity index (χ2n) is 4.44. The van der Waals surface area contributed by atoms with Crippen LogP contribution in [0.2, 0.25) is 0 Å². The Labute approximate surface area is 105 Å². The number of amides is 3. The number of nitrogens with zero attached hydrogens (tertiary/aromatic N) is 1. The normalized spacial score (nSPS) is 18.2. The highest BCUT2D eigenvalue weighted by atomic mass is 16.3. The molecular weight excluding hydrogens is 238 g/mol. The van der Waals surface area contributed by atoms with Crippen LogP contribution in [0.1, 0.15) is 19.8 Å². The van der Waals surface area contributed by atoms with Crippen molar-refractivity contribution in [2.45, 2.75) is 25.9 Å². The SMILES string of the molecule is CC(=O)N1CCC(C(=O)NCC(O)C(N)=O)CC1. The van der Waals surface area contributed by atoms with Crippen molar-refractivity contribution in [2.75, 3.05) is 19.6 Å². The van der Waals surface area contributed by atoms with Crippen molar-refractivity contribution >= 4 is 17.7 Å². The lowest BCUT2D eigenvalue weighted by atomic mass is 9.96. The van der Waals surface area contributed by atoms with Crippen molar-refractivity contribution in [1.82, 2.24) is 10.2 Å². The molecule has 0 spiro atoms. The molecule has 1 atom stereocenters. The van der Waals surface area contributed by atoms with Crippen molar-refractivity contribution in [3.05, 3.63) is 0 Å². The van der Waals surface area contributed by atoms with Gasteiger partial charge in [0, 0.05) is 25.9 Å². The molecule has 3 amide bonds. The minimum atomic E-state index is -1.36. The molecule has 1 fully saturated rings. The first-order chi connectivity index (χ1) is 8.41. The van der Waals surface area contributed by atoms with Crippen LogP contribution < -0.4 is 11.1 Å². The number of aliphatic hydroxyl groups excluding tert-OH is 1. The highest BCUT2D eigenvalue weighted by molar-refractivity contribution is 5.82. The fraction of sp³-hybridized carbons (Fsp3) is 0.727. The monoisotopic (exact) mass is 257 g/mol. The van der Waals surface area contributed by atoms with Crippen molar-refractivity contribution in [3.63, 3.8) is 0 Å². The first-order valence-corrected chi connectivity index (χ1v) is 5.92. The van der Waals surface area contributed by atoms with Crippen LogP contribution >= 0.6 is 0 Å². The molecule has 0 aromatic rings. The van der Waals surface area contributed by atoms with Crippen molar-refractivity contribution < 1.29 is 19.5 Å². The van der Waals surface area contributed by atoms with E-state index < -0.39 is 12.0 Å². The highest BCUT2D eigenvalue weighted by Crippen LogP contribution is 2.17. The van der Waals surface area contributed by atoms with Gasteiger partial charge in [-0.2, -0.15) is 0 Å². The molecule has 102 valence electrons. The maximum absolute atomic E-state index is 11.7. The molecule has 1 heterocycles. The zero-order valence-electron chi connectivity index (χ0n) is 10.4. The fourth-order valence-corrected chi connectivity index (χ4v) is 1.90. The van der Waals surface area contributed by atoms with E-state index in [0.717, 1.165) is 0 Å². The van der Waals surface area contributed by atoms with Gasteiger partial charge < -0.3 is 21.1 Å². The maximum Gasteiger partial charge on any atom is 0.248 e. The number of carbonyl (C=O) groups is 3. The van der Waals surface area contributed by atoms with Gasteiger partial charge in [0.2, 0.25) is 17.7 Å². The fourth-order valence-electron chi connectivity index (χ4n) is 1.90. The van der Waals surface area contributed by atoms with Crippen molar-refractivity contribution in [2.24, 2.45) is 11.7 Å². The number of nitrogens with two attached hydrogens (primary N) is 1. The zero-order valence-corrected chi connectivity index (χ0v) is 10.4. The smallest absolute Gasteiger partial charge is 0.248 e. The summed E-state index contributed by atoms with van der Waals surface area (Å²) in [7, 11) is 0. The second-order valence-corrected chi connectivity index (χ2v) is 4.44. The van der Waals surface area contributed by atoms with Gasteiger partial charge in [-0.1, -0.05) is 0 Å². The lowest BCUT2D eigenvalue weighted by Gasteiger charge is -2.30. The number of hydrogen-bond donors (Lipinski definition) is 3. The van der Waals surface area contributed by atoms with Gasteiger partial charge in [0.25, 0.3) is 0 Å². The summed E-state index contributed by atoms with van der Waals surface area (Å²) in [6.07, 6.45) is -0.165. The van der Waals surface area contributed by atoms with Crippen LogP contribution in [-0.4, -0.2) is 53.5 Å². The van der Waals surface area contributed by atoms with E-state index in [2.05, 4.69) is 5.32 Å². The number of aliphatic hydroxyl groups is 1. The van der Waals surface area contributed by atoms with Crippen molar-refractivity contribution in [1.29, 1.82) is 0 Å². The number of nitrogens with one attached hydrogen (secondary N) is 1. The molecule has 0 aromatic heterocycles. The van der Waals surface area contributed by atoms with E-state index in [1.54, 1.807) is 4.90 Å². The van der Waals surface area contributed by atoms with E-state index in [0.29, 0.717) is 25.9 Å². The first-order valence-electron chi connectivity index (χ1n) is 5.92. The third-order valence-electron chi connectivity index (χ3n) is 3.11. The molecule has 0 saturated carbocycles. The van der Waals surface area contributed by atoms with Gasteiger partial charge in [-0.15, -0.1) is 0 Å². The third-order valence-corrected chi connectivity index (χ3v) is 3.11. The Balaban J connectivity index is 2.32. The Morgan fingerprint density at radius 3 is 2.39 bits per heavy atom. The van der Waals surface area contributed by atoms with Gasteiger partial charge in [-0.3, -0.25) is 14.4 Å². The molecule has 4 N–H and O–H groups in total. The molecule has 0 aliphatic carbocycles. The number of piperidine rings is 1. The summed E-state index contributed by atoms with van der Waals surface area (Å²) in [5, 5.41) is 11.6. The van der Waals surface area contributed by atoms with E-state index in [4.69, 9.17) is 10.8 Å². The summed E-state index contributed by atoms with van der Waals surface area (Å²) in [4.78, 5) is 35.1. The van der Waals surface area contributed by atoms with Gasteiger partial charge in [0.05, 0.1) is 6.54 Å². The minimum absolute atomic E-state index is 0.0120. The number of rotatable bonds is 4. The van der Waals surface area contributed by atoms with E-state index in [-0.39, 0.29) is 24.3 Å². The van der Waals surface area contributed by atoms with Crippen LogP contribution in [0.25, 0.3) is 0 Å². The molecule has 1 unspecified atom stereocenters. The Morgan fingerprint density at radius 1 is 1.39 bits per heavy atom. The standard InChI is InChI=1S/C11H19N3O4/c1-7(15)14-4-2-8(3-5-14)11(18)13-6-9(16)10(12)17/h8-9,16H,2-6H2,1H3,(H2,12,17)(H,13,18). The van der Waals surface area contributed by atoms with Gasteiger partial charge in [-0.05, 0) is 12.8 Å². The summed E-state index contributed by atoms with van der Waals surface area (Å²) in [6.45, 7) is 2.46. The molecule has 7 nitrogen and oxygen atoms in total. The van der Waals surface area contributed by atoms with Crippen LogP contribution in [0.3, 0.4) is 0 Å². The third kappa shape index (κ3) is 3.99. The summed E-state index contributed by atoms with van der Waals surface area (Å²) in [6, 6.07) is 0. The largest absolute Gasteiger partial charge is 0.381 e. The number of primary amides is 1. The second kappa shape index (κ2) is 6.34. The molecule has 1 saturated heterocycles. The maximum atomic E-state index is 11.7. The van der Waals surface area contributed by atoms with E-state index >= 15 is 0 Å². The Hall–Kier alpha value is -1.63. The van der Waals surface area contributed by atoms with Crippen LogP contribution in [0.5, 0.6) is 0 Å². The van der Waals surface area contributed by atoms with Crippen molar-refractivity contribution in [3.8, 4) is 0 Å². The molecule has 1 aliphatic rings. The zero-order chi connectivity index (χ0) is 13.7. The molecule has 7 heteroatoms. The van der Waals surface area contributed by atoms with E-state index in [9.17, 15) is 14.4 Å². The first kappa shape index (κ1) is 14.4. The Bertz CT molecular complexity index is 337. The highest BCUT2D eigenvalue weighted by Gasteiger charge is 2.26. The summed E-state index contributed by atoms with van der Waals surface area (Å²) < 4.78 is 0. The predicted molar refractivity (Wildman–Crippen MR) is 63.2 cm³/mol. The van der Waals surface area contributed by atoms with Gasteiger partial charge in [0.1, 0.15) is 6.10 Å². The van der Waals surface area contributed by atoms with E-state index in [1.165, 1.54) is 6.92 Å². The molecule has 0 aromatic carbocycles. The molecule has 18 heavy (non-hydrogen) atoms. The molecule has 0 bridgehead atoms. The lowest BCUT2D eigenvalue weighted by molar-refractivity contribution is -0.134. The average molecular weight is 257 g/mol. The summed E-state index contributed by atoms with van der Waals surface area (Å²) in [5.41, 5.74) is 4.87. The van der Waals surface area contributed by atoms with Crippen LogP contribution in [0, 0.1) is 5.92 Å². The predicted octanol–water partition coefficient (Wildman–Crippen LogP) is -1.79. The molecule has 0 radical (unpaired) electrons. The van der Waals surface area contributed by atoms with Gasteiger partial charge in [0.15, 0.2) is 0 Å². The Kier molecular flexibility index (Phi) is 5.08. The average Bonchev–Trinajstić information content (AvgIpc) is 2.35. The summed E-state index contributed by atoms with van der Waals surface area (Å²) in [5.74, 6) is -1.24. The molecule has 1 rings (SSSR count). The van der Waals surface area contributed by atoms with Crippen LogP contribution in [0.4, 0.5) is 0 Å². The summed E-state index contributed by atoms with van der Waals surface area (Å²) >= 11 is 0. The Morgan fingerprint density at radius 2 is 1.94 bits per heavy atom. The lowest BCUT2D eigenvalue weighted by Crippen LogP contribution is -2.45. The van der Waals surface area contributed by atoms with Gasteiger partial charge >= 0.3 is 0 Å². The number of hydrogen-bond acceptors (Lipinski definition) is 4. The minimum Gasteiger partial charge on any atom is -0.381 e. The molecular formula is C11H19N3O4. The number of likely N-dealkylation sites (tertiary alicyclic amines) is 1.